The Hall–Kier alpha value is -4.54. The third kappa shape index (κ3) is 4.31. The average Bonchev–Trinajstić information content (AvgIpc) is 3.69. The van der Waals surface area contributed by atoms with Gasteiger partial charge in [-0.1, -0.05) is 6.07 Å². The first-order valence-electron chi connectivity index (χ1n) is 13.8. The summed E-state index contributed by atoms with van der Waals surface area (Å²) in [4.78, 5) is 44.4. The van der Waals surface area contributed by atoms with Crippen molar-refractivity contribution in [3.63, 3.8) is 0 Å². The minimum Gasteiger partial charge on any atom is -0.355 e. The summed E-state index contributed by atoms with van der Waals surface area (Å²) in [7, 11) is 1.74. The number of likely N-dealkylation sites (N-methyl/N-ethyl adjacent to an activating group) is 1. The van der Waals surface area contributed by atoms with Crippen LogP contribution in [0.5, 0.6) is 0 Å². The minimum absolute atomic E-state index is 0.0135. The molecule has 11 heteroatoms. The second-order valence-corrected chi connectivity index (χ2v) is 10.2. The molecule has 1 aliphatic heterocycles. The lowest BCUT2D eigenvalue weighted by Crippen LogP contribution is -2.33. The second-order valence-electron chi connectivity index (χ2n) is 10.2. The SMILES string of the molecule is CCN(CC)C(=O)Cn1cc(-n2c(=O)n(C)c3cnc4ccc(-c5cnc(N6CCCC6)cn5)cc4c32)c(C)n1. The Morgan fingerprint density at radius 1 is 1.02 bits per heavy atom. The van der Waals surface area contributed by atoms with Crippen LogP contribution in [0, 0.1) is 6.92 Å². The topological polar surface area (TPSA) is 107 Å². The van der Waals surface area contributed by atoms with Gasteiger partial charge in [0.25, 0.3) is 0 Å². The summed E-state index contributed by atoms with van der Waals surface area (Å²) >= 11 is 0. The van der Waals surface area contributed by atoms with Crippen LogP contribution in [-0.4, -0.2) is 70.9 Å². The lowest BCUT2D eigenvalue weighted by atomic mass is 10.1. The number of carbonyl (C=O) groups excluding carboxylic acids is 1. The van der Waals surface area contributed by atoms with Crippen LogP contribution in [0.1, 0.15) is 32.4 Å². The molecule has 206 valence electrons. The van der Waals surface area contributed by atoms with Crippen LogP contribution >= 0.6 is 0 Å². The zero-order chi connectivity index (χ0) is 28.0. The first kappa shape index (κ1) is 25.7. The minimum atomic E-state index is -0.206. The van der Waals surface area contributed by atoms with E-state index in [0.717, 1.165) is 46.6 Å². The molecule has 0 atom stereocenters. The molecule has 40 heavy (non-hydrogen) atoms. The highest BCUT2D eigenvalue weighted by Gasteiger charge is 2.21. The number of aryl methyl sites for hydroxylation is 2. The molecule has 0 N–H and O–H groups in total. The van der Waals surface area contributed by atoms with Gasteiger partial charge in [0.05, 0.1) is 58.4 Å². The van der Waals surface area contributed by atoms with Gasteiger partial charge in [0.2, 0.25) is 5.91 Å². The van der Waals surface area contributed by atoms with Gasteiger partial charge >= 0.3 is 5.69 Å². The van der Waals surface area contributed by atoms with Crippen LogP contribution in [0.25, 0.3) is 38.9 Å². The Kier molecular flexibility index (Phi) is 6.57. The van der Waals surface area contributed by atoms with E-state index in [4.69, 9.17) is 4.98 Å². The van der Waals surface area contributed by atoms with E-state index in [1.807, 2.05) is 51.4 Å². The summed E-state index contributed by atoms with van der Waals surface area (Å²) in [5.74, 6) is 0.885. The van der Waals surface area contributed by atoms with Gasteiger partial charge in [-0.25, -0.2) is 9.78 Å². The van der Waals surface area contributed by atoms with Crippen LogP contribution in [0.3, 0.4) is 0 Å². The van der Waals surface area contributed by atoms with E-state index in [9.17, 15) is 9.59 Å². The van der Waals surface area contributed by atoms with E-state index in [1.165, 1.54) is 12.8 Å². The van der Waals surface area contributed by atoms with Crippen LogP contribution < -0.4 is 10.6 Å². The monoisotopic (exact) mass is 539 g/mol. The third-order valence-corrected chi connectivity index (χ3v) is 7.82. The highest BCUT2D eigenvalue weighted by molar-refractivity contribution is 6.04. The molecular formula is C29H33N9O2. The van der Waals surface area contributed by atoms with Crippen molar-refractivity contribution in [2.75, 3.05) is 31.1 Å². The Bertz CT molecular complexity index is 1770. The molecule has 1 aliphatic rings. The fraction of sp³-hybridized carbons (Fsp3) is 0.379. The third-order valence-electron chi connectivity index (χ3n) is 7.82. The fourth-order valence-corrected chi connectivity index (χ4v) is 5.58. The van der Waals surface area contributed by atoms with Crippen molar-refractivity contribution in [3.05, 3.63) is 59.2 Å². The summed E-state index contributed by atoms with van der Waals surface area (Å²) in [5.41, 5.74) is 4.94. The molecule has 5 heterocycles. The van der Waals surface area contributed by atoms with Gasteiger partial charge < -0.3 is 9.80 Å². The van der Waals surface area contributed by atoms with Gasteiger partial charge in [0.15, 0.2) is 0 Å². The molecule has 4 aromatic heterocycles. The smallest absolute Gasteiger partial charge is 0.333 e. The number of hydrogen-bond acceptors (Lipinski definition) is 7. The molecule has 0 unspecified atom stereocenters. The number of pyridine rings is 1. The van der Waals surface area contributed by atoms with Gasteiger partial charge in [0, 0.05) is 44.2 Å². The van der Waals surface area contributed by atoms with Crippen molar-refractivity contribution in [3.8, 4) is 16.9 Å². The number of anilines is 1. The van der Waals surface area contributed by atoms with Gasteiger partial charge in [-0.2, -0.15) is 5.10 Å². The van der Waals surface area contributed by atoms with Crippen molar-refractivity contribution in [2.24, 2.45) is 7.05 Å². The molecule has 1 saturated heterocycles. The molecule has 5 aromatic rings. The first-order chi connectivity index (χ1) is 19.4. The van der Waals surface area contributed by atoms with Crippen LogP contribution in [0.2, 0.25) is 0 Å². The number of nitrogens with zero attached hydrogens (tertiary/aromatic N) is 9. The molecule has 1 fully saturated rings. The number of amides is 1. The number of fused-ring (bicyclic) bond motifs is 3. The van der Waals surface area contributed by atoms with Crippen LogP contribution in [0.4, 0.5) is 5.82 Å². The lowest BCUT2D eigenvalue weighted by molar-refractivity contribution is -0.131. The van der Waals surface area contributed by atoms with E-state index >= 15 is 0 Å². The summed E-state index contributed by atoms with van der Waals surface area (Å²) in [5, 5.41) is 5.41. The second kappa shape index (κ2) is 10.2. The van der Waals surface area contributed by atoms with Gasteiger partial charge in [-0.3, -0.25) is 28.6 Å². The molecule has 1 aromatic carbocycles. The molecule has 6 rings (SSSR count). The molecule has 0 saturated carbocycles. The van der Waals surface area contributed by atoms with Gasteiger partial charge in [0.1, 0.15) is 12.4 Å². The van der Waals surface area contributed by atoms with Crippen molar-refractivity contribution >= 4 is 33.7 Å². The Morgan fingerprint density at radius 2 is 1.80 bits per heavy atom. The van der Waals surface area contributed by atoms with Crippen molar-refractivity contribution in [2.45, 2.75) is 40.2 Å². The summed E-state index contributed by atoms with van der Waals surface area (Å²) in [6.45, 7) is 9.18. The molecule has 0 aliphatic carbocycles. The van der Waals surface area contributed by atoms with E-state index in [0.29, 0.717) is 30.0 Å². The van der Waals surface area contributed by atoms with Crippen LogP contribution in [0.15, 0.2) is 47.8 Å². The summed E-state index contributed by atoms with van der Waals surface area (Å²) in [6.07, 6.45) is 9.50. The number of imidazole rings is 1. The molecule has 11 nitrogen and oxygen atoms in total. The molecule has 0 bridgehead atoms. The molecule has 0 spiro atoms. The standard InChI is InChI=1S/C29H33N9O2/c1-5-35(6-2)27(39)18-37-17-25(19(3)33-37)38-28-21-13-20(9-10-22(21)30-15-24(28)34(4)29(38)40)23-14-32-26(16-31-23)36-11-7-8-12-36/h9-10,13-17H,5-8,11-12,18H2,1-4H3. The Morgan fingerprint density at radius 3 is 2.50 bits per heavy atom. The number of benzene rings is 1. The number of carbonyl (C=O) groups is 1. The summed E-state index contributed by atoms with van der Waals surface area (Å²) in [6, 6.07) is 5.94. The average molecular weight is 540 g/mol. The number of hydrogen-bond donors (Lipinski definition) is 0. The van der Waals surface area contributed by atoms with Gasteiger partial charge in [-0.15, -0.1) is 0 Å². The van der Waals surface area contributed by atoms with Crippen molar-refractivity contribution in [1.82, 2.24) is 38.8 Å². The lowest BCUT2D eigenvalue weighted by Gasteiger charge is -2.18. The van der Waals surface area contributed by atoms with E-state index in [2.05, 4.69) is 20.0 Å². The number of aromatic nitrogens is 7. The number of rotatable bonds is 7. The first-order valence-corrected chi connectivity index (χ1v) is 13.8. The zero-order valence-electron chi connectivity index (χ0n) is 23.3. The Balaban J connectivity index is 1.45. The highest BCUT2D eigenvalue weighted by atomic mass is 16.2. The fourth-order valence-electron chi connectivity index (χ4n) is 5.58. The van der Waals surface area contributed by atoms with Crippen molar-refractivity contribution < 1.29 is 4.79 Å². The molecule has 0 radical (unpaired) electrons. The normalized spacial score (nSPS) is 13.6. The maximum Gasteiger partial charge on any atom is 0.333 e. The van der Waals surface area contributed by atoms with E-state index < -0.39 is 0 Å². The van der Waals surface area contributed by atoms with E-state index in [-0.39, 0.29) is 18.1 Å². The molecule has 1 amide bonds. The summed E-state index contributed by atoms with van der Waals surface area (Å²) < 4.78 is 4.88. The highest BCUT2D eigenvalue weighted by Crippen LogP contribution is 2.30. The zero-order valence-corrected chi connectivity index (χ0v) is 23.3. The van der Waals surface area contributed by atoms with Crippen molar-refractivity contribution in [1.29, 1.82) is 0 Å². The maximum absolute atomic E-state index is 13.6. The molecular weight excluding hydrogens is 506 g/mol. The maximum atomic E-state index is 13.6. The Labute approximate surface area is 231 Å². The van der Waals surface area contributed by atoms with E-state index in [1.54, 1.807) is 38.2 Å². The predicted molar refractivity (Wildman–Crippen MR) is 155 cm³/mol. The van der Waals surface area contributed by atoms with Crippen LogP contribution in [-0.2, 0) is 18.4 Å². The predicted octanol–water partition coefficient (Wildman–Crippen LogP) is 3.31. The quantitative estimate of drug-likeness (QED) is 0.312. The van der Waals surface area contributed by atoms with Gasteiger partial charge in [-0.05, 0) is 45.7 Å². The largest absolute Gasteiger partial charge is 0.355 e.